The second kappa shape index (κ2) is 18.7. The first kappa shape index (κ1) is 37.2. The van der Waals surface area contributed by atoms with Crippen molar-refractivity contribution in [3.63, 3.8) is 0 Å². The Balaban J connectivity index is 1.52. The number of phosphoric acid groups is 1. The molecule has 0 aliphatic carbocycles. The highest BCUT2D eigenvalue weighted by Crippen LogP contribution is 2.47. The summed E-state index contributed by atoms with van der Waals surface area (Å²) >= 11 is 0. The van der Waals surface area contributed by atoms with E-state index < -0.39 is 37.6 Å². The zero-order valence-electron chi connectivity index (χ0n) is 26.3. The van der Waals surface area contributed by atoms with Crippen molar-refractivity contribution >= 4 is 31.7 Å². The maximum Gasteiger partial charge on any atom is 0.474 e. The van der Waals surface area contributed by atoms with Gasteiger partial charge in [-0.2, -0.15) is 0 Å². The van der Waals surface area contributed by atoms with E-state index >= 15 is 0 Å². The minimum Gasteiger partial charge on any atom is -0.448 e. The number of hydrogen-bond donors (Lipinski definition) is 3. The topological polar surface area (TPSA) is 158 Å². The average molecular weight is 681 g/mol. The molecule has 0 aliphatic rings. The summed E-state index contributed by atoms with van der Waals surface area (Å²) in [5.41, 5.74) is 1.72. The van der Waals surface area contributed by atoms with E-state index in [4.69, 9.17) is 13.7 Å². The van der Waals surface area contributed by atoms with Crippen molar-refractivity contribution in [3.05, 3.63) is 78.1 Å². The number of halogens is 2. The molecule has 13 nitrogen and oxygen atoms in total. The van der Waals surface area contributed by atoms with Crippen molar-refractivity contribution in [1.82, 2.24) is 15.5 Å². The van der Waals surface area contributed by atoms with E-state index in [-0.39, 0.29) is 56.5 Å². The van der Waals surface area contributed by atoms with Crippen LogP contribution in [0.2, 0.25) is 0 Å². The molecule has 3 rings (SSSR count). The lowest BCUT2D eigenvalue weighted by Gasteiger charge is -2.28. The van der Waals surface area contributed by atoms with Crippen molar-refractivity contribution in [2.45, 2.75) is 31.7 Å². The first-order chi connectivity index (χ1) is 22.5. The fraction of sp³-hybridized carbons (Fsp3) is 0.387. The molecule has 1 heterocycles. The van der Waals surface area contributed by atoms with E-state index in [9.17, 15) is 27.7 Å². The first-order valence-corrected chi connectivity index (χ1v) is 16.1. The number of hydrogen-bond acceptors (Lipinski definition) is 9. The maximum atomic E-state index is 14.1. The van der Waals surface area contributed by atoms with Crippen LogP contribution in [0.15, 0.2) is 65.3 Å². The number of carbonyl (C=O) groups excluding carboxylic acids is 3. The van der Waals surface area contributed by atoms with Gasteiger partial charge in [0.25, 0.3) is 0 Å². The van der Waals surface area contributed by atoms with Gasteiger partial charge in [-0.3, -0.25) is 23.7 Å². The van der Waals surface area contributed by atoms with Crippen molar-refractivity contribution in [1.29, 1.82) is 0 Å². The molecular weight excluding hydrogens is 641 g/mol. The lowest BCUT2D eigenvalue weighted by Crippen LogP contribution is -2.42. The highest BCUT2D eigenvalue weighted by atomic mass is 31.2. The Labute approximate surface area is 271 Å². The van der Waals surface area contributed by atoms with Gasteiger partial charge in [-0.15, -0.1) is 0 Å². The van der Waals surface area contributed by atoms with Crippen LogP contribution < -0.4 is 16.0 Å². The van der Waals surface area contributed by atoms with Crippen LogP contribution in [0.4, 0.5) is 24.3 Å². The van der Waals surface area contributed by atoms with E-state index in [2.05, 4.69) is 25.0 Å². The van der Waals surface area contributed by atoms with Gasteiger partial charge in [0, 0.05) is 52.4 Å². The molecule has 1 atom stereocenters. The Morgan fingerprint density at radius 2 is 1.70 bits per heavy atom. The van der Waals surface area contributed by atoms with Crippen LogP contribution in [0.25, 0.3) is 11.1 Å². The van der Waals surface area contributed by atoms with Crippen LogP contribution in [-0.2, 0) is 34.1 Å². The van der Waals surface area contributed by atoms with E-state index in [0.717, 1.165) is 17.2 Å². The Bertz CT molecular complexity index is 1500. The molecule has 16 heteroatoms. The van der Waals surface area contributed by atoms with Crippen molar-refractivity contribution in [2.75, 3.05) is 52.9 Å². The summed E-state index contributed by atoms with van der Waals surface area (Å²) in [7, 11) is 0.211. The van der Waals surface area contributed by atoms with Crippen LogP contribution in [0.3, 0.4) is 0 Å². The van der Waals surface area contributed by atoms with E-state index in [1.165, 1.54) is 44.6 Å². The normalized spacial score (nSPS) is 11.9. The molecule has 0 bridgehead atoms. The molecule has 0 saturated carbocycles. The van der Waals surface area contributed by atoms with Gasteiger partial charge >= 0.3 is 19.9 Å². The van der Waals surface area contributed by atoms with Gasteiger partial charge < -0.3 is 24.7 Å². The number of urea groups is 1. The second-order valence-electron chi connectivity index (χ2n) is 10.1. The molecule has 3 aromatic rings. The number of phosphoric ester groups is 1. The number of nitrogens with one attached hydrogen (secondary N) is 3. The average Bonchev–Trinajstić information content (AvgIpc) is 3.55. The molecule has 0 unspecified atom stereocenters. The maximum absolute atomic E-state index is 14.1. The number of furan rings is 1. The summed E-state index contributed by atoms with van der Waals surface area (Å²) in [4.78, 5) is 39.1. The highest BCUT2D eigenvalue weighted by molar-refractivity contribution is 7.48. The smallest absolute Gasteiger partial charge is 0.448 e. The van der Waals surface area contributed by atoms with Gasteiger partial charge in [0.15, 0.2) is 11.6 Å². The predicted molar refractivity (Wildman–Crippen MR) is 169 cm³/mol. The third-order valence-electron chi connectivity index (χ3n) is 7.00. The Morgan fingerprint density at radius 3 is 2.43 bits per heavy atom. The molecule has 47 heavy (non-hydrogen) atoms. The van der Waals surface area contributed by atoms with Crippen LogP contribution in [0.5, 0.6) is 0 Å². The van der Waals surface area contributed by atoms with Crippen LogP contribution in [-0.4, -0.2) is 76.5 Å². The molecule has 0 spiro atoms. The first-order valence-electron chi connectivity index (χ1n) is 14.7. The molecule has 4 amide bonds. The summed E-state index contributed by atoms with van der Waals surface area (Å²) in [6, 6.07) is 13.7. The summed E-state index contributed by atoms with van der Waals surface area (Å²) in [6.07, 6.45) is 1.25. The SMILES string of the molecule is COP(=O)(OC)OCCNC(=O)NCCC[C@@H](COC(=O)Nc1cc(-c2ccccc2)co1)N(C)C(=O)CCc1cccc(F)c1F. The zero-order valence-corrected chi connectivity index (χ0v) is 27.2. The van der Waals surface area contributed by atoms with Gasteiger partial charge in [0.05, 0.1) is 12.6 Å². The van der Waals surface area contributed by atoms with Gasteiger partial charge in [-0.25, -0.2) is 22.9 Å². The van der Waals surface area contributed by atoms with Gasteiger partial charge in [0.1, 0.15) is 12.9 Å². The largest absolute Gasteiger partial charge is 0.474 e. The fourth-order valence-corrected chi connectivity index (χ4v) is 5.02. The van der Waals surface area contributed by atoms with E-state index in [0.29, 0.717) is 12.8 Å². The molecule has 2 aromatic carbocycles. The van der Waals surface area contributed by atoms with Crippen LogP contribution in [0.1, 0.15) is 24.8 Å². The summed E-state index contributed by atoms with van der Waals surface area (Å²) in [6.45, 7) is -0.0852. The van der Waals surface area contributed by atoms with Crippen LogP contribution >= 0.6 is 7.82 Å². The minimum absolute atomic E-state index is 0.0276. The number of anilines is 1. The Kier molecular flexibility index (Phi) is 14.8. The van der Waals surface area contributed by atoms with Gasteiger partial charge in [0.2, 0.25) is 11.8 Å². The molecule has 0 aliphatic heterocycles. The lowest BCUT2D eigenvalue weighted by atomic mass is 10.1. The lowest BCUT2D eigenvalue weighted by molar-refractivity contribution is -0.132. The molecule has 1 aromatic heterocycles. The molecule has 0 fully saturated rings. The zero-order chi connectivity index (χ0) is 34.2. The number of nitrogens with zero attached hydrogens (tertiary/aromatic N) is 1. The Hall–Kier alpha value is -4.30. The molecule has 256 valence electrons. The van der Waals surface area contributed by atoms with Gasteiger partial charge in [-0.05, 0) is 36.5 Å². The molecule has 3 N–H and O–H groups in total. The number of rotatable bonds is 18. The number of ether oxygens (including phenoxy) is 1. The van der Waals surface area contributed by atoms with Crippen LogP contribution in [0, 0.1) is 11.6 Å². The highest BCUT2D eigenvalue weighted by Gasteiger charge is 2.24. The minimum atomic E-state index is -3.65. The quantitative estimate of drug-likeness (QED) is 0.113. The third kappa shape index (κ3) is 12.1. The van der Waals surface area contributed by atoms with E-state index in [1.807, 2.05) is 30.3 Å². The monoisotopic (exact) mass is 680 g/mol. The standard InChI is InChI=1S/C31H39F2N4O9P/c1-37(28(38)15-14-23-11-7-13-26(32)29(23)33)25(12-8-16-34-30(39)35-17-18-46-47(41,42-2)43-3)21-45-31(40)36-27-19-24(20-44-27)22-9-5-4-6-10-22/h4-7,9-11,13,19-20,25H,8,12,14-18,21H2,1-3H3,(H,36,40)(H2,34,35,39)/t25-/m0/s1. The number of amides is 4. The Morgan fingerprint density at radius 1 is 0.979 bits per heavy atom. The molecular formula is C31H39F2N4O9P. The third-order valence-corrected chi connectivity index (χ3v) is 8.40. The van der Waals surface area contributed by atoms with E-state index in [1.54, 1.807) is 6.07 Å². The fourth-order valence-electron chi connectivity index (χ4n) is 4.35. The molecule has 0 saturated heterocycles. The predicted octanol–water partition coefficient (Wildman–Crippen LogP) is 5.73. The number of benzene rings is 2. The van der Waals surface area contributed by atoms with Crippen molar-refractivity contribution in [2.24, 2.45) is 0 Å². The summed E-state index contributed by atoms with van der Waals surface area (Å²) < 4.78 is 64.7. The number of likely N-dealkylation sites (N-methyl/N-ethyl adjacent to an activating group) is 1. The number of carbonyl (C=O) groups is 3. The second-order valence-corrected chi connectivity index (χ2v) is 12.0. The summed E-state index contributed by atoms with van der Waals surface area (Å²) in [5.74, 6) is -2.21. The molecule has 0 radical (unpaired) electrons. The summed E-state index contributed by atoms with van der Waals surface area (Å²) in [5, 5.41) is 7.71. The van der Waals surface area contributed by atoms with Crippen molar-refractivity contribution < 1.29 is 50.5 Å². The number of aryl methyl sites for hydroxylation is 1. The van der Waals surface area contributed by atoms with Crippen molar-refractivity contribution in [3.8, 4) is 11.1 Å². The van der Waals surface area contributed by atoms with Gasteiger partial charge in [-0.1, -0.05) is 42.5 Å².